The van der Waals surface area contributed by atoms with Gasteiger partial charge >= 0.3 is 0 Å². The molecule has 0 aliphatic carbocycles. The molecule has 0 amide bonds. The van der Waals surface area contributed by atoms with Gasteiger partial charge < -0.3 is 11.1 Å². The molecule has 0 radical (unpaired) electrons. The van der Waals surface area contributed by atoms with Crippen molar-refractivity contribution in [2.45, 2.75) is 6.92 Å². The summed E-state index contributed by atoms with van der Waals surface area (Å²) in [5, 5.41) is 6.94. The molecule has 3 rings (SSSR count). The quantitative estimate of drug-likeness (QED) is 0.661. The first kappa shape index (κ1) is 13.9. The van der Waals surface area contributed by atoms with Crippen molar-refractivity contribution in [1.29, 1.82) is 0 Å². The van der Waals surface area contributed by atoms with E-state index in [1.807, 2.05) is 54.8 Å². The molecule has 0 atom stereocenters. The maximum absolute atomic E-state index is 5.97. The second-order valence-electron chi connectivity index (χ2n) is 4.74. The molecule has 3 N–H and O–H groups in total. The molecule has 21 heavy (non-hydrogen) atoms. The van der Waals surface area contributed by atoms with Crippen LogP contribution in [0.2, 0.25) is 5.02 Å². The van der Waals surface area contributed by atoms with Crippen LogP contribution in [0.25, 0.3) is 11.3 Å². The lowest BCUT2D eigenvalue weighted by Gasteiger charge is -2.06. The summed E-state index contributed by atoms with van der Waals surface area (Å²) >= 11 is 7.54. The van der Waals surface area contributed by atoms with Crippen molar-refractivity contribution in [3.05, 3.63) is 58.4 Å². The fourth-order valence-corrected chi connectivity index (χ4v) is 2.96. The average molecular weight is 316 g/mol. The molecule has 0 spiro atoms. The molecule has 0 aliphatic rings. The molecule has 0 saturated carbocycles. The number of aromatic nitrogens is 1. The third kappa shape index (κ3) is 3.17. The zero-order valence-electron chi connectivity index (χ0n) is 11.4. The lowest BCUT2D eigenvalue weighted by atomic mass is 10.1. The number of aryl methyl sites for hydroxylation is 1. The topological polar surface area (TPSA) is 50.9 Å². The Morgan fingerprint density at radius 2 is 1.90 bits per heavy atom. The van der Waals surface area contributed by atoms with Crippen molar-refractivity contribution < 1.29 is 0 Å². The van der Waals surface area contributed by atoms with Crippen LogP contribution in [-0.4, -0.2) is 4.98 Å². The second-order valence-corrected chi connectivity index (χ2v) is 6.04. The third-order valence-electron chi connectivity index (χ3n) is 3.14. The Labute approximate surface area is 132 Å². The molecule has 5 heteroatoms. The number of benzene rings is 2. The maximum atomic E-state index is 5.97. The first-order valence-electron chi connectivity index (χ1n) is 6.46. The molecular formula is C16H14ClN3S. The highest BCUT2D eigenvalue weighted by molar-refractivity contribution is 7.14. The van der Waals surface area contributed by atoms with Gasteiger partial charge in [-0.25, -0.2) is 4.98 Å². The molecule has 0 aliphatic heterocycles. The molecule has 3 nitrogen and oxygen atoms in total. The molecule has 106 valence electrons. The van der Waals surface area contributed by atoms with Crippen molar-refractivity contribution in [2.75, 3.05) is 11.1 Å². The number of hydrogen-bond donors (Lipinski definition) is 2. The minimum atomic E-state index is 0.736. The van der Waals surface area contributed by atoms with Crippen LogP contribution in [0.1, 0.15) is 5.56 Å². The van der Waals surface area contributed by atoms with Gasteiger partial charge in [-0.15, -0.1) is 11.3 Å². The van der Waals surface area contributed by atoms with E-state index in [-0.39, 0.29) is 0 Å². The van der Waals surface area contributed by atoms with Crippen LogP contribution >= 0.6 is 22.9 Å². The standard InChI is InChI=1S/C16H14ClN3S/c1-10-8-12(17)4-7-14(10)19-16-20-15(9-21-16)11-2-5-13(18)6-3-11/h2-9H,18H2,1H3,(H,19,20). The van der Waals surface area contributed by atoms with Gasteiger partial charge in [0.15, 0.2) is 5.13 Å². The summed E-state index contributed by atoms with van der Waals surface area (Å²) < 4.78 is 0. The Kier molecular flexibility index (Phi) is 3.82. The molecule has 0 saturated heterocycles. The van der Waals surface area contributed by atoms with E-state index in [2.05, 4.69) is 10.3 Å². The van der Waals surface area contributed by atoms with Gasteiger partial charge in [-0.2, -0.15) is 0 Å². The third-order valence-corrected chi connectivity index (χ3v) is 4.13. The van der Waals surface area contributed by atoms with Crippen LogP contribution in [0.3, 0.4) is 0 Å². The van der Waals surface area contributed by atoms with E-state index in [1.165, 1.54) is 0 Å². The SMILES string of the molecule is Cc1cc(Cl)ccc1Nc1nc(-c2ccc(N)cc2)cs1. The van der Waals surface area contributed by atoms with E-state index in [0.29, 0.717) is 0 Å². The summed E-state index contributed by atoms with van der Waals surface area (Å²) in [5.74, 6) is 0. The van der Waals surface area contributed by atoms with E-state index >= 15 is 0 Å². The van der Waals surface area contributed by atoms with Crippen LogP contribution < -0.4 is 11.1 Å². The van der Waals surface area contributed by atoms with Gasteiger partial charge in [-0.05, 0) is 42.8 Å². The van der Waals surface area contributed by atoms with E-state index in [1.54, 1.807) is 11.3 Å². The van der Waals surface area contributed by atoms with Crippen molar-refractivity contribution in [1.82, 2.24) is 4.98 Å². The van der Waals surface area contributed by atoms with E-state index in [0.717, 1.165) is 38.3 Å². The first-order valence-corrected chi connectivity index (χ1v) is 7.72. The van der Waals surface area contributed by atoms with Crippen molar-refractivity contribution in [3.63, 3.8) is 0 Å². The van der Waals surface area contributed by atoms with Gasteiger partial charge in [0.1, 0.15) is 0 Å². The minimum absolute atomic E-state index is 0.736. The number of thiazole rings is 1. The molecule has 2 aromatic carbocycles. The molecule has 0 unspecified atom stereocenters. The van der Waals surface area contributed by atoms with Gasteiger partial charge in [0.2, 0.25) is 0 Å². The first-order chi connectivity index (χ1) is 10.1. The highest BCUT2D eigenvalue weighted by Crippen LogP contribution is 2.29. The second kappa shape index (κ2) is 5.76. The molecule has 1 heterocycles. The summed E-state index contributed by atoms with van der Waals surface area (Å²) in [5.41, 5.74) is 10.6. The van der Waals surface area contributed by atoms with Gasteiger partial charge in [0, 0.05) is 27.3 Å². The predicted molar refractivity (Wildman–Crippen MR) is 91.4 cm³/mol. The van der Waals surface area contributed by atoms with Crippen molar-refractivity contribution in [2.24, 2.45) is 0 Å². The number of nitrogens with one attached hydrogen (secondary N) is 1. The summed E-state index contributed by atoms with van der Waals surface area (Å²) in [7, 11) is 0. The maximum Gasteiger partial charge on any atom is 0.187 e. The molecule has 3 aromatic rings. The number of nitrogen functional groups attached to an aromatic ring is 1. The Morgan fingerprint density at radius 3 is 2.62 bits per heavy atom. The lowest BCUT2D eigenvalue weighted by molar-refractivity contribution is 1.36. The highest BCUT2D eigenvalue weighted by atomic mass is 35.5. The Hall–Kier alpha value is -2.04. The summed E-state index contributed by atoms with van der Waals surface area (Å²) in [6, 6.07) is 13.5. The predicted octanol–water partition coefficient (Wildman–Crippen LogP) is 5.10. The van der Waals surface area contributed by atoms with Gasteiger partial charge in [-0.3, -0.25) is 0 Å². The normalized spacial score (nSPS) is 10.6. The molecular weight excluding hydrogens is 302 g/mol. The monoisotopic (exact) mass is 315 g/mol. The number of rotatable bonds is 3. The van der Waals surface area contributed by atoms with Gasteiger partial charge in [0.25, 0.3) is 0 Å². The fourth-order valence-electron chi connectivity index (χ4n) is 2.00. The van der Waals surface area contributed by atoms with E-state index in [9.17, 15) is 0 Å². The minimum Gasteiger partial charge on any atom is -0.399 e. The number of nitrogens with zero attached hydrogens (tertiary/aromatic N) is 1. The Morgan fingerprint density at radius 1 is 1.14 bits per heavy atom. The van der Waals surface area contributed by atoms with Gasteiger partial charge in [-0.1, -0.05) is 23.7 Å². The molecule has 0 bridgehead atoms. The van der Waals surface area contributed by atoms with Gasteiger partial charge in [0.05, 0.1) is 5.69 Å². The average Bonchev–Trinajstić information content (AvgIpc) is 2.91. The number of halogens is 1. The van der Waals surface area contributed by atoms with Crippen LogP contribution in [0.5, 0.6) is 0 Å². The smallest absolute Gasteiger partial charge is 0.187 e. The summed E-state index contributed by atoms with van der Waals surface area (Å²) in [4.78, 5) is 4.60. The summed E-state index contributed by atoms with van der Waals surface area (Å²) in [6.07, 6.45) is 0. The summed E-state index contributed by atoms with van der Waals surface area (Å²) in [6.45, 7) is 2.02. The number of nitrogens with two attached hydrogens (primary N) is 1. The van der Waals surface area contributed by atoms with E-state index < -0.39 is 0 Å². The lowest BCUT2D eigenvalue weighted by Crippen LogP contribution is -1.92. The van der Waals surface area contributed by atoms with Crippen LogP contribution in [-0.2, 0) is 0 Å². The number of hydrogen-bond acceptors (Lipinski definition) is 4. The van der Waals surface area contributed by atoms with E-state index in [4.69, 9.17) is 17.3 Å². The zero-order valence-corrected chi connectivity index (χ0v) is 13.0. The Balaban J connectivity index is 1.83. The largest absolute Gasteiger partial charge is 0.399 e. The fraction of sp³-hybridized carbons (Fsp3) is 0.0625. The van der Waals surface area contributed by atoms with Crippen molar-refractivity contribution >= 4 is 39.4 Å². The van der Waals surface area contributed by atoms with Crippen molar-refractivity contribution in [3.8, 4) is 11.3 Å². The zero-order chi connectivity index (χ0) is 14.8. The highest BCUT2D eigenvalue weighted by Gasteiger charge is 2.06. The number of anilines is 3. The molecule has 1 aromatic heterocycles. The van der Waals surface area contributed by atoms with Crippen LogP contribution in [0.15, 0.2) is 47.8 Å². The molecule has 0 fully saturated rings. The van der Waals surface area contributed by atoms with Crippen LogP contribution in [0, 0.1) is 6.92 Å². The Bertz CT molecular complexity index is 765. The van der Waals surface area contributed by atoms with Crippen LogP contribution in [0.4, 0.5) is 16.5 Å².